The molecule has 1 heterocycles. The first-order valence-electron chi connectivity index (χ1n) is 8.96. The van der Waals surface area contributed by atoms with Gasteiger partial charge in [-0.05, 0) is 36.4 Å². The van der Waals surface area contributed by atoms with Crippen molar-refractivity contribution in [3.63, 3.8) is 0 Å². The van der Waals surface area contributed by atoms with Gasteiger partial charge in [-0.2, -0.15) is 0 Å². The Hall–Kier alpha value is -3.85. The standard InChI is InChI=1S/C21H18ClFN4O4/c1-24-20(28)18-11-14(7-8-25-18)31-13-4-5-16(15(23)10-13)26-21(29)27-17-9-12(22)3-6-19(17)30-2/h3-11H,1-2H3,(H,24,28)(H2,26,27,29). The number of amides is 3. The van der Waals surface area contributed by atoms with E-state index in [0.29, 0.717) is 22.2 Å². The summed E-state index contributed by atoms with van der Waals surface area (Å²) in [5.74, 6) is -0.212. The van der Waals surface area contributed by atoms with Gasteiger partial charge in [0.25, 0.3) is 5.91 Å². The highest BCUT2D eigenvalue weighted by atomic mass is 35.5. The van der Waals surface area contributed by atoms with Gasteiger partial charge < -0.3 is 25.4 Å². The fraction of sp³-hybridized carbons (Fsp3) is 0.0952. The normalized spacial score (nSPS) is 10.2. The molecule has 3 amide bonds. The molecule has 160 valence electrons. The Labute approximate surface area is 182 Å². The molecule has 8 nitrogen and oxygen atoms in total. The van der Waals surface area contributed by atoms with Gasteiger partial charge in [-0.1, -0.05) is 11.6 Å². The molecule has 0 saturated heterocycles. The number of rotatable bonds is 6. The number of anilines is 2. The summed E-state index contributed by atoms with van der Waals surface area (Å²) in [7, 11) is 2.93. The van der Waals surface area contributed by atoms with Gasteiger partial charge in [-0.15, -0.1) is 0 Å². The van der Waals surface area contributed by atoms with Crippen LogP contribution in [0.5, 0.6) is 17.2 Å². The summed E-state index contributed by atoms with van der Waals surface area (Å²) in [6.45, 7) is 0. The molecule has 0 aliphatic rings. The van der Waals surface area contributed by atoms with Crippen LogP contribution in [-0.2, 0) is 0 Å². The third-order valence-corrected chi connectivity index (χ3v) is 4.26. The number of carbonyl (C=O) groups is 2. The van der Waals surface area contributed by atoms with E-state index in [2.05, 4.69) is 20.9 Å². The number of benzene rings is 2. The number of aromatic nitrogens is 1. The molecule has 0 atom stereocenters. The predicted molar refractivity (Wildman–Crippen MR) is 115 cm³/mol. The molecule has 3 rings (SSSR count). The van der Waals surface area contributed by atoms with E-state index in [9.17, 15) is 14.0 Å². The molecule has 10 heteroatoms. The second kappa shape index (κ2) is 9.77. The molecular weight excluding hydrogens is 427 g/mol. The van der Waals surface area contributed by atoms with Crippen LogP contribution in [0.4, 0.5) is 20.6 Å². The quantitative estimate of drug-likeness (QED) is 0.512. The van der Waals surface area contributed by atoms with E-state index in [1.165, 1.54) is 50.7 Å². The summed E-state index contributed by atoms with van der Waals surface area (Å²) in [4.78, 5) is 27.8. The van der Waals surface area contributed by atoms with E-state index in [-0.39, 0.29) is 23.0 Å². The first-order valence-corrected chi connectivity index (χ1v) is 9.34. The SMILES string of the molecule is CNC(=O)c1cc(Oc2ccc(NC(=O)Nc3cc(Cl)ccc3OC)c(F)c2)ccn1. The molecule has 3 aromatic rings. The van der Waals surface area contributed by atoms with Gasteiger partial charge in [0.05, 0.1) is 18.5 Å². The van der Waals surface area contributed by atoms with E-state index in [0.717, 1.165) is 6.07 Å². The zero-order valence-electron chi connectivity index (χ0n) is 16.5. The average Bonchev–Trinajstić information content (AvgIpc) is 2.75. The number of nitrogens with one attached hydrogen (secondary N) is 3. The second-order valence-electron chi connectivity index (χ2n) is 6.12. The lowest BCUT2D eigenvalue weighted by Crippen LogP contribution is -2.20. The third kappa shape index (κ3) is 5.61. The Morgan fingerprint density at radius 3 is 2.45 bits per heavy atom. The van der Waals surface area contributed by atoms with Crippen LogP contribution in [0.3, 0.4) is 0 Å². The Kier molecular flexibility index (Phi) is 6.88. The zero-order valence-corrected chi connectivity index (χ0v) is 17.3. The maximum atomic E-state index is 14.5. The van der Waals surface area contributed by atoms with Gasteiger partial charge in [0.15, 0.2) is 0 Å². The highest BCUT2D eigenvalue weighted by Crippen LogP contribution is 2.29. The van der Waals surface area contributed by atoms with Crippen molar-refractivity contribution in [2.45, 2.75) is 0 Å². The Bertz CT molecular complexity index is 1130. The number of methoxy groups -OCH3 is 1. The Morgan fingerprint density at radius 1 is 1.00 bits per heavy atom. The zero-order chi connectivity index (χ0) is 22.4. The molecule has 3 N–H and O–H groups in total. The van der Waals surface area contributed by atoms with Crippen molar-refractivity contribution in [2.75, 3.05) is 24.8 Å². The van der Waals surface area contributed by atoms with E-state index in [1.807, 2.05) is 0 Å². The third-order valence-electron chi connectivity index (χ3n) is 4.03. The van der Waals surface area contributed by atoms with Crippen LogP contribution in [0.1, 0.15) is 10.5 Å². The molecule has 0 fully saturated rings. The fourth-order valence-corrected chi connectivity index (χ4v) is 2.75. The first kappa shape index (κ1) is 21.8. The van der Waals surface area contributed by atoms with Crippen LogP contribution in [-0.4, -0.2) is 31.1 Å². The number of urea groups is 1. The fourth-order valence-electron chi connectivity index (χ4n) is 2.58. The molecule has 0 unspecified atom stereocenters. The van der Waals surface area contributed by atoms with Crippen molar-refractivity contribution < 1.29 is 23.5 Å². The second-order valence-corrected chi connectivity index (χ2v) is 6.56. The number of ether oxygens (including phenoxy) is 2. The number of nitrogens with zero attached hydrogens (tertiary/aromatic N) is 1. The summed E-state index contributed by atoms with van der Waals surface area (Å²) in [5.41, 5.74) is 0.427. The smallest absolute Gasteiger partial charge is 0.323 e. The number of carbonyl (C=O) groups excluding carboxylic acids is 2. The lowest BCUT2D eigenvalue weighted by molar-refractivity contribution is 0.0958. The van der Waals surface area contributed by atoms with Crippen molar-refractivity contribution >= 4 is 34.9 Å². The molecule has 31 heavy (non-hydrogen) atoms. The average molecular weight is 445 g/mol. The number of halogens is 2. The summed E-state index contributed by atoms with van der Waals surface area (Å²) in [5, 5.41) is 7.82. The van der Waals surface area contributed by atoms with Crippen molar-refractivity contribution in [1.82, 2.24) is 10.3 Å². The molecular formula is C21H18ClFN4O4. The maximum Gasteiger partial charge on any atom is 0.323 e. The lowest BCUT2D eigenvalue weighted by Gasteiger charge is -2.13. The minimum atomic E-state index is -0.716. The van der Waals surface area contributed by atoms with Crippen LogP contribution in [0.25, 0.3) is 0 Å². The predicted octanol–water partition coefficient (Wildman–Crippen LogP) is 4.68. The van der Waals surface area contributed by atoms with Gasteiger partial charge >= 0.3 is 6.03 Å². The highest BCUT2D eigenvalue weighted by Gasteiger charge is 2.12. The monoisotopic (exact) mass is 444 g/mol. The van der Waals surface area contributed by atoms with Crippen molar-refractivity contribution in [3.05, 3.63) is 71.3 Å². The van der Waals surface area contributed by atoms with Gasteiger partial charge in [-0.25, -0.2) is 9.18 Å². The topological polar surface area (TPSA) is 102 Å². The largest absolute Gasteiger partial charge is 0.495 e. The first-order chi connectivity index (χ1) is 14.9. The molecule has 0 saturated carbocycles. The van der Waals surface area contributed by atoms with Crippen molar-refractivity contribution in [2.24, 2.45) is 0 Å². The minimum absolute atomic E-state index is 0.0633. The van der Waals surface area contributed by atoms with Crippen molar-refractivity contribution in [3.8, 4) is 17.2 Å². The van der Waals surface area contributed by atoms with Crippen LogP contribution in [0.15, 0.2) is 54.7 Å². The van der Waals surface area contributed by atoms with Crippen LogP contribution in [0, 0.1) is 5.82 Å². The summed E-state index contributed by atoms with van der Waals surface area (Å²) < 4.78 is 25.2. The summed E-state index contributed by atoms with van der Waals surface area (Å²) in [6.07, 6.45) is 1.40. The van der Waals surface area contributed by atoms with Crippen LogP contribution in [0.2, 0.25) is 5.02 Å². The molecule has 0 spiro atoms. The van der Waals surface area contributed by atoms with E-state index in [4.69, 9.17) is 21.1 Å². The lowest BCUT2D eigenvalue weighted by atomic mass is 10.2. The molecule has 0 aliphatic heterocycles. The van der Waals surface area contributed by atoms with E-state index >= 15 is 0 Å². The minimum Gasteiger partial charge on any atom is -0.495 e. The maximum absolute atomic E-state index is 14.5. The van der Waals surface area contributed by atoms with Gasteiger partial charge in [0.2, 0.25) is 0 Å². The van der Waals surface area contributed by atoms with E-state index < -0.39 is 11.8 Å². The van der Waals surface area contributed by atoms with Crippen LogP contribution < -0.4 is 25.4 Å². The molecule has 0 radical (unpaired) electrons. The van der Waals surface area contributed by atoms with Gasteiger partial charge in [-0.3, -0.25) is 9.78 Å². The molecule has 2 aromatic carbocycles. The van der Waals surface area contributed by atoms with E-state index in [1.54, 1.807) is 12.1 Å². The van der Waals surface area contributed by atoms with Gasteiger partial charge in [0, 0.05) is 30.4 Å². The number of pyridine rings is 1. The van der Waals surface area contributed by atoms with Gasteiger partial charge in [0.1, 0.15) is 28.8 Å². The molecule has 0 aliphatic carbocycles. The summed E-state index contributed by atoms with van der Waals surface area (Å²) >= 11 is 5.93. The molecule has 0 bridgehead atoms. The Balaban J connectivity index is 1.69. The summed E-state index contributed by atoms with van der Waals surface area (Å²) in [6, 6.07) is 10.9. The Morgan fingerprint density at radius 2 is 1.74 bits per heavy atom. The number of hydrogen-bond acceptors (Lipinski definition) is 5. The molecule has 1 aromatic heterocycles. The van der Waals surface area contributed by atoms with Crippen molar-refractivity contribution in [1.29, 1.82) is 0 Å². The van der Waals surface area contributed by atoms with Crippen LogP contribution >= 0.6 is 11.6 Å². The highest BCUT2D eigenvalue weighted by molar-refractivity contribution is 6.31. The number of hydrogen-bond donors (Lipinski definition) is 3.